The molecule has 1 aromatic heterocycles. The van der Waals surface area contributed by atoms with Crippen LogP contribution in [-0.2, 0) is 6.54 Å². The number of aryl methyl sites for hydroxylation is 2. The van der Waals surface area contributed by atoms with Gasteiger partial charge >= 0.3 is 0 Å². The Balaban J connectivity index is 1.66. The molecule has 0 aliphatic carbocycles. The molecular formula is C19H26N4O. The maximum atomic E-state index is 9.63. The molecule has 3 rings (SSSR count). The third-order valence-electron chi connectivity index (χ3n) is 4.66. The molecule has 0 amide bonds. The summed E-state index contributed by atoms with van der Waals surface area (Å²) in [6.07, 6.45) is 2.32. The maximum Gasteiger partial charge on any atom is 0.133 e. The monoisotopic (exact) mass is 326 g/mol. The van der Waals surface area contributed by atoms with Gasteiger partial charge in [-0.15, -0.1) is 0 Å². The summed E-state index contributed by atoms with van der Waals surface area (Å²) in [7, 11) is 0. The summed E-state index contributed by atoms with van der Waals surface area (Å²) in [5.41, 5.74) is 3.32. The smallest absolute Gasteiger partial charge is 0.133 e. The largest absolute Gasteiger partial charge is 0.508 e. The van der Waals surface area contributed by atoms with Gasteiger partial charge in [0.2, 0.25) is 0 Å². The van der Waals surface area contributed by atoms with Crippen LogP contribution in [0.4, 0.5) is 5.82 Å². The third-order valence-corrected chi connectivity index (χ3v) is 4.66. The molecule has 0 unspecified atom stereocenters. The fourth-order valence-corrected chi connectivity index (χ4v) is 3.33. The Hall–Kier alpha value is -2.14. The van der Waals surface area contributed by atoms with Crippen molar-refractivity contribution in [3.63, 3.8) is 0 Å². The predicted molar refractivity (Wildman–Crippen MR) is 96.3 cm³/mol. The molecule has 24 heavy (non-hydrogen) atoms. The molecule has 128 valence electrons. The quantitative estimate of drug-likeness (QED) is 0.903. The Bertz CT molecular complexity index is 717. The van der Waals surface area contributed by atoms with E-state index < -0.39 is 0 Å². The number of phenolic OH excluding ortho intramolecular Hbond substituents is 1. The minimum atomic E-state index is 0.335. The molecule has 2 aromatic rings. The summed E-state index contributed by atoms with van der Waals surface area (Å²) in [6.45, 7) is 8.99. The first-order valence-corrected chi connectivity index (χ1v) is 8.60. The molecule has 1 saturated heterocycles. The summed E-state index contributed by atoms with van der Waals surface area (Å²) in [4.78, 5) is 11.4. The van der Waals surface area contributed by atoms with Gasteiger partial charge in [-0.3, -0.25) is 4.90 Å². The van der Waals surface area contributed by atoms with E-state index in [1.54, 1.807) is 6.07 Å². The minimum Gasteiger partial charge on any atom is -0.508 e. The maximum absolute atomic E-state index is 9.63. The first-order valence-electron chi connectivity index (χ1n) is 8.60. The van der Waals surface area contributed by atoms with Gasteiger partial charge in [0.15, 0.2) is 0 Å². The zero-order valence-electron chi connectivity index (χ0n) is 14.7. The zero-order chi connectivity index (χ0) is 17.1. The summed E-state index contributed by atoms with van der Waals surface area (Å²) >= 11 is 0. The number of likely N-dealkylation sites (tertiary alicyclic amines) is 1. The second kappa shape index (κ2) is 7.18. The van der Waals surface area contributed by atoms with Gasteiger partial charge in [0.05, 0.1) is 0 Å². The average Bonchev–Trinajstić information content (AvgIpc) is 2.52. The van der Waals surface area contributed by atoms with Crippen LogP contribution in [-0.4, -0.2) is 39.1 Å². The molecule has 0 spiro atoms. The standard InChI is InChI=1S/C19H26N4O/c1-13-14(2)20-15(3)21-19(13)22-17-7-5-9-23(12-17)11-16-6-4-8-18(24)10-16/h4,6,8,10,17,24H,5,7,9,11-12H2,1-3H3,(H,20,21,22)/t17-/m0/s1. The topological polar surface area (TPSA) is 61.3 Å². The second-order valence-corrected chi connectivity index (χ2v) is 6.72. The molecule has 0 radical (unpaired) electrons. The van der Waals surface area contributed by atoms with E-state index in [2.05, 4.69) is 33.2 Å². The van der Waals surface area contributed by atoms with E-state index in [4.69, 9.17) is 0 Å². The van der Waals surface area contributed by atoms with Crippen molar-refractivity contribution in [2.75, 3.05) is 18.4 Å². The van der Waals surface area contributed by atoms with Crippen LogP contribution in [0.3, 0.4) is 0 Å². The van der Waals surface area contributed by atoms with Gasteiger partial charge in [-0.05, 0) is 57.9 Å². The Morgan fingerprint density at radius 3 is 2.88 bits per heavy atom. The molecule has 5 nitrogen and oxygen atoms in total. The number of benzene rings is 1. The van der Waals surface area contributed by atoms with Crippen LogP contribution in [0, 0.1) is 20.8 Å². The molecule has 1 aromatic carbocycles. The van der Waals surface area contributed by atoms with E-state index in [9.17, 15) is 5.11 Å². The van der Waals surface area contributed by atoms with Gasteiger partial charge < -0.3 is 10.4 Å². The van der Waals surface area contributed by atoms with E-state index in [1.807, 2.05) is 26.0 Å². The van der Waals surface area contributed by atoms with E-state index in [1.165, 1.54) is 6.42 Å². The molecule has 1 fully saturated rings. The van der Waals surface area contributed by atoms with Gasteiger partial charge in [-0.1, -0.05) is 12.1 Å². The fraction of sp³-hybridized carbons (Fsp3) is 0.474. The van der Waals surface area contributed by atoms with Gasteiger partial charge in [-0.25, -0.2) is 9.97 Å². The number of piperidine rings is 1. The van der Waals surface area contributed by atoms with Crippen molar-refractivity contribution in [3.05, 3.63) is 46.9 Å². The summed E-state index contributed by atoms with van der Waals surface area (Å²) in [5, 5.41) is 13.2. The number of hydrogen-bond donors (Lipinski definition) is 2. The number of anilines is 1. The van der Waals surface area contributed by atoms with Crippen molar-refractivity contribution in [2.24, 2.45) is 0 Å². The fourth-order valence-electron chi connectivity index (χ4n) is 3.33. The highest BCUT2D eigenvalue weighted by Crippen LogP contribution is 2.21. The Kier molecular flexibility index (Phi) is 5.00. The molecular weight excluding hydrogens is 300 g/mol. The van der Waals surface area contributed by atoms with Crippen molar-refractivity contribution in [1.29, 1.82) is 0 Å². The molecule has 1 aliphatic rings. The Labute approximate surface area is 143 Å². The highest BCUT2D eigenvalue weighted by molar-refractivity contribution is 5.46. The van der Waals surface area contributed by atoms with E-state index in [0.29, 0.717) is 11.8 Å². The number of phenols is 1. The number of nitrogens with one attached hydrogen (secondary N) is 1. The van der Waals surface area contributed by atoms with E-state index in [-0.39, 0.29) is 0 Å². The molecule has 0 bridgehead atoms. The zero-order valence-corrected chi connectivity index (χ0v) is 14.7. The van der Waals surface area contributed by atoms with Crippen LogP contribution < -0.4 is 5.32 Å². The lowest BCUT2D eigenvalue weighted by atomic mass is 10.0. The summed E-state index contributed by atoms with van der Waals surface area (Å²) in [5.74, 6) is 2.11. The Morgan fingerprint density at radius 2 is 2.08 bits per heavy atom. The van der Waals surface area contributed by atoms with Crippen LogP contribution in [0.5, 0.6) is 5.75 Å². The molecule has 2 heterocycles. The lowest BCUT2D eigenvalue weighted by molar-refractivity contribution is 0.208. The molecule has 0 saturated carbocycles. The number of aromatic nitrogens is 2. The average molecular weight is 326 g/mol. The van der Waals surface area contributed by atoms with Crippen LogP contribution >= 0.6 is 0 Å². The van der Waals surface area contributed by atoms with Crippen molar-refractivity contribution in [1.82, 2.24) is 14.9 Å². The molecule has 5 heteroatoms. The van der Waals surface area contributed by atoms with E-state index >= 15 is 0 Å². The predicted octanol–water partition coefficient (Wildman–Crippen LogP) is 3.18. The first-order chi connectivity index (χ1) is 11.5. The van der Waals surface area contributed by atoms with E-state index in [0.717, 1.165) is 54.5 Å². The third kappa shape index (κ3) is 4.03. The SMILES string of the molecule is Cc1nc(C)c(C)c(N[C@H]2CCCN(Cc3cccc(O)c3)C2)n1. The highest BCUT2D eigenvalue weighted by Gasteiger charge is 2.21. The van der Waals surface area contributed by atoms with Gasteiger partial charge in [0.25, 0.3) is 0 Å². The lowest BCUT2D eigenvalue weighted by Gasteiger charge is -2.33. The lowest BCUT2D eigenvalue weighted by Crippen LogP contribution is -2.41. The minimum absolute atomic E-state index is 0.335. The van der Waals surface area contributed by atoms with Crippen LogP contribution in [0.25, 0.3) is 0 Å². The molecule has 2 N–H and O–H groups in total. The van der Waals surface area contributed by atoms with Crippen molar-refractivity contribution >= 4 is 5.82 Å². The molecule has 1 atom stereocenters. The van der Waals surface area contributed by atoms with Gasteiger partial charge in [0, 0.05) is 30.4 Å². The number of aromatic hydroxyl groups is 1. The van der Waals surface area contributed by atoms with Crippen LogP contribution in [0.1, 0.15) is 35.5 Å². The number of rotatable bonds is 4. The summed E-state index contributed by atoms with van der Waals surface area (Å²) < 4.78 is 0. The van der Waals surface area contributed by atoms with Crippen molar-refractivity contribution in [3.8, 4) is 5.75 Å². The highest BCUT2D eigenvalue weighted by atomic mass is 16.3. The first kappa shape index (κ1) is 16.7. The Morgan fingerprint density at radius 1 is 1.25 bits per heavy atom. The van der Waals surface area contributed by atoms with Crippen LogP contribution in [0.2, 0.25) is 0 Å². The van der Waals surface area contributed by atoms with Gasteiger partial charge in [0.1, 0.15) is 17.4 Å². The van der Waals surface area contributed by atoms with Crippen molar-refractivity contribution < 1.29 is 5.11 Å². The molecule has 1 aliphatic heterocycles. The van der Waals surface area contributed by atoms with Crippen molar-refractivity contribution in [2.45, 2.75) is 46.2 Å². The second-order valence-electron chi connectivity index (χ2n) is 6.72. The summed E-state index contributed by atoms with van der Waals surface area (Å²) in [6, 6.07) is 7.92. The number of hydrogen-bond acceptors (Lipinski definition) is 5. The van der Waals surface area contributed by atoms with Crippen LogP contribution in [0.15, 0.2) is 24.3 Å². The number of nitrogens with zero attached hydrogens (tertiary/aromatic N) is 3. The van der Waals surface area contributed by atoms with Gasteiger partial charge in [-0.2, -0.15) is 0 Å². The normalized spacial score (nSPS) is 18.5.